The summed E-state index contributed by atoms with van der Waals surface area (Å²) in [5.74, 6) is -1.09. The molecule has 4 atom stereocenters. The first-order valence-electron chi connectivity index (χ1n) is 8.83. The highest BCUT2D eigenvalue weighted by molar-refractivity contribution is 7.58. The summed E-state index contributed by atoms with van der Waals surface area (Å²) in [6, 6.07) is 0. The number of primary amides is 1. The molecule has 12 heteroatoms. The molecule has 2 heterocycles. The molecule has 2 rings (SSSR count). The van der Waals surface area contributed by atoms with Gasteiger partial charge in [-0.2, -0.15) is 0 Å². The van der Waals surface area contributed by atoms with E-state index in [0.29, 0.717) is 0 Å². The second-order valence-corrected chi connectivity index (χ2v) is 9.12. The van der Waals surface area contributed by atoms with Crippen LogP contribution in [0.2, 0.25) is 0 Å². The molecule has 158 valence electrons. The van der Waals surface area contributed by atoms with Crippen LogP contribution in [-0.4, -0.2) is 61.4 Å². The number of hydrogen-bond acceptors (Lipinski definition) is 9. The molecule has 1 fully saturated rings. The number of nitrogens with two attached hydrogens (primary N) is 1. The van der Waals surface area contributed by atoms with Crippen LogP contribution < -0.4 is 5.73 Å². The molecule has 1 aromatic rings. The summed E-state index contributed by atoms with van der Waals surface area (Å²) in [7, 11) is -3.63. The van der Waals surface area contributed by atoms with Crippen LogP contribution in [0.25, 0.3) is 0 Å². The lowest BCUT2D eigenvalue weighted by atomic mass is 10.1. The molecule has 0 aromatic carbocycles. The minimum atomic E-state index is -3.63. The SMILES string of the molecule is C/C(=C\[C@H]1O[C@@H](n2cnc(C(N)=O)n2)[C@H](O)[C@@H]1O)P(=O)(OC(C)C)OC(C)C. The lowest BCUT2D eigenvalue weighted by Crippen LogP contribution is -2.31. The summed E-state index contributed by atoms with van der Waals surface area (Å²) in [6.45, 7) is 8.45. The zero-order valence-corrected chi connectivity index (χ0v) is 17.3. The van der Waals surface area contributed by atoms with Gasteiger partial charge in [-0.1, -0.05) is 0 Å². The maximum absolute atomic E-state index is 13.1. The van der Waals surface area contributed by atoms with E-state index in [1.54, 1.807) is 34.6 Å². The Labute approximate surface area is 163 Å². The highest BCUT2D eigenvalue weighted by atomic mass is 31.2. The van der Waals surface area contributed by atoms with Crippen molar-refractivity contribution in [2.45, 2.75) is 71.4 Å². The lowest BCUT2D eigenvalue weighted by molar-refractivity contribution is -0.0347. The molecule has 1 aliphatic heterocycles. The van der Waals surface area contributed by atoms with Gasteiger partial charge < -0.3 is 29.7 Å². The van der Waals surface area contributed by atoms with Gasteiger partial charge in [0.05, 0.1) is 12.2 Å². The smallest absolute Gasteiger partial charge is 0.357 e. The van der Waals surface area contributed by atoms with E-state index in [2.05, 4.69) is 10.1 Å². The quantitative estimate of drug-likeness (QED) is 0.522. The molecule has 0 unspecified atom stereocenters. The van der Waals surface area contributed by atoms with Crippen LogP contribution in [0.1, 0.15) is 51.5 Å². The molecule has 0 spiro atoms. The summed E-state index contributed by atoms with van der Waals surface area (Å²) < 4.78 is 30.9. The number of amides is 1. The Balaban J connectivity index is 2.25. The molecule has 0 saturated carbocycles. The summed E-state index contributed by atoms with van der Waals surface area (Å²) in [5, 5.41) is 24.7. The van der Waals surface area contributed by atoms with Crippen LogP contribution in [0.15, 0.2) is 17.7 Å². The normalized spacial score (nSPS) is 26.4. The van der Waals surface area contributed by atoms with Crippen molar-refractivity contribution in [1.29, 1.82) is 0 Å². The van der Waals surface area contributed by atoms with Crippen molar-refractivity contribution in [3.63, 3.8) is 0 Å². The van der Waals surface area contributed by atoms with Gasteiger partial charge >= 0.3 is 7.60 Å². The van der Waals surface area contributed by atoms with Crippen molar-refractivity contribution >= 4 is 13.5 Å². The number of carbonyl (C=O) groups excluding carboxylic acids is 1. The van der Waals surface area contributed by atoms with Crippen LogP contribution in [0, 0.1) is 0 Å². The van der Waals surface area contributed by atoms with Crippen molar-refractivity contribution in [3.8, 4) is 0 Å². The molecular formula is C16H27N4O7P. The van der Waals surface area contributed by atoms with Crippen molar-refractivity contribution in [1.82, 2.24) is 14.8 Å². The molecular weight excluding hydrogens is 391 g/mol. The second-order valence-electron chi connectivity index (χ2n) is 7.00. The third-order valence-electron chi connectivity index (χ3n) is 3.80. The fourth-order valence-electron chi connectivity index (χ4n) is 2.63. The van der Waals surface area contributed by atoms with Crippen LogP contribution in [0.3, 0.4) is 0 Å². The first-order chi connectivity index (χ1) is 12.9. The predicted octanol–water partition coefficient (Wildman–Crippen LogP) is 0.943. The largest absolute Gasteiger partial charge is 0.387 e. The molecule has 1 aromatic heterocycles. The fourth-order valence-corrected chi connectivity index (χ4v) is 4.45. The fraction of sp³-hybridized carbons (Fsp3) is 0.688. The average Bonchev–Trinajstić information content (AvgIpc) is 3.14. The van der Waals surface area contributed by atoms with Crippen molar-refractivity contribution < 1.29 is 33.4 Å². The van der Waals surface area contributed by atoms with Gasteiger partial charge in [-0.15, -0.1) is 5.10 Å². The molecule has 4 N–H and O–H groups in total. The zero-order chi connectivity index (χ0) is 21.2. The molecule has 1 saturated heterocycles. The van der Waals surface area contributed by atoms with Gasteiger partial charge in [0, 0.05) is 5.31 Å². The van der Waals surface area contributed by atoms with E-state index in [4.69, 9.17) is 19.5 Å². The van der Waals surface area contributed by atoms with Gasteiger partial charge in [-0.3, -0.25) is 9.36 Å². The Kier molecular flexibility index (Phi) is 7.13. The van der Waals surface area contributed by atoms with Gasteiger partial charge in [-0.05, 0) is 40.7 Å². The highest BCUT2D eigenvalue weighted by Gasteiger charge is 2.44. The van der Waals surface area contributed by atoms with Crippen LogP contribution in [0.4, 0.5) is 0 Å². The first-order valence-corrected chi connectivity index (χ1v) is 10.4. The summed E-state index contributed by atoms with van der Waals surface area (Å²) >= 11 is 0. The number of ether oxygens (including phenoxy) is 1. The summed E-state index contributed by atoms with van der Waals surface area (Å²) in [6.07, 6.45) is -2.99. The molecule has 0 bridgehead atoms. The monoisotopic (exact) mass is 418 g/mol. The third-order valence-corrected chi connectivity index (χ3v) is 6.21. The Morgan fingerprint density at radius 1 is 1.29 bits per heavy atom. The maximum atomic E-state index is 13.1. The van der Waals surface area contributed by atoms with Gasteiger partial charge in [-0.25, -0.2) is 9.67 Å². The van der Waals surface area contributed by atoms with E-state index in [-0.39, 0.29) is 23.3 Å². The van der Waals surface area contributed by atoms with E-state index in [1.807, 2.05) is 0 Å². The Morgan fingerprint density at radius 3 is 2.32 bits per heavy atom. The predicted molar refractivity (Wildman–Crippen MR) is 98.3 cm³/mol. The van der Waals surface area contributed by atoms with Gasteiger partial charge in [0.2, 0.25) is 5.82 Å². The van der Waals surface area contributed by atoms with Crippen LogP contribution in [0.5, 0.6) is 0 Å². The van der Waals surface area contributed by atoms with E-state index in [9.17, 15) is 19.6 Å². The lowest BCUT2D eigenvalue weighted by Gasteiger charge is -2.24. The Hall–Kier alpha value is -1.62. The number of aromatic nitrogens is 3. The topological polar surface area (TPSA) is 159 Å². The van der Waals surface area contributed by atoms with Crippen molar-refractivity contribution in [3.05, 3.63) is 23.5 Å². The third kappa shape index (κ3) is 5.05. The van der Waals surface area contributed by atoms with E-state index < -0.39 is 38.0 Å². The molecule has 0 radical (unpaired) electrons. The Bertz CT molecular complexity index is 765. The Morgan fingerprint density at radius 2 is 1.86 bits per heavy atom. The number of hydrogen-bond donors (Lipinski definition) is 3. The number of allylic oxidation sites excluding steroid dienone is 1. The number of rotatable bonds is 8. The minimum Gasteiger partial charge on any atom is -0.387 e. The van der Waals surface area contributed by atoms with Crippen molar-refractivity contribution in [2.24, 2.45) is 5.73 Å². The first kappa shape index (κ1) is 22.7. The number of nitrogens with zero attached hydrogens (tertiary/aromatic N) is 3. The van der Waals surface area contributed by atoms with Gasteiger partial charge in [0.1, 0.15) is 24.6 Å². The van der Waals surface area contributed by atoms with Crippen LogP contribution >= 0.6 is 7.60 Å². The number of aliphatic hydroxyl groups is 2. The minimum absolute atomic E-state index is 0.239. The van der Waals surface area contributed by atoms with E-state index in [0.717, 1.165) is 11.0 Å². The van der Waals surface area contributed by atoms with Crippen molar-refractivity contribution in [2.75, 3.05) is 0 Å². The standard InChI is InChI=1S/C16H27N4O7P/c1-8(2)26-28(24,27-9(3)4)10(5)6-11-12(21)13(22)16(25-11)20-7-18-15(19-20)14(17)23/h6-9,11-13,16,21-22H,1-5H3,(H2,17,23)/b10-6+/t11-,12-,13-,16-/m1/s1. The number of aliphatic hydroxyl groups excluding tert-OH is 2. The van der Waals surface area contributed by atoms with E-state index in [1.165, 1.54) is 6.08 Å². The van der Waals surface area contributed by atoms with E-state index >= 15 is 0 Å². The number of carbonyl (C=O) groups is 1. The molecule has 0 aliphatic carbocycles. The van der Waals surface area contributed by atoms with Gasteiger partial charge in [0.15, 0.2) is 6.23 Å². The maximum Gasteiger partial charge on any atom is 0.357 e. The second kappa shape index (κ2) is 8.81. The molecule has 11 nitrogen and oxygen atoms in total. The summed E-state index contributed by atoms with van der Waals surface area (Å²) in [4.78, 5) is 14.8. The molecule has 28 heavy (non-hydrogen) atoms. The summed E-state index contributed by atoms with van der Waals surface area (Å²) in [5.41, 5.74) is 5.11. The van der Waals surface area contributed by atoms with Gasteiger partial charge in [0.25, 0.3) is 5.91 Å². The highest BCUT2D eigenvalue weighted by Crippen LogP contribution is 2.58. The average molecular weight is 418 g/mol. The molecule has 1 amide bonds. The molecule has 1 aliphatic rings. The zero-order valence-electron chi connectivity index (χ0n) is 16.4. The van der Waals surface area contributed by atoms with Crippen LogP contribution in [-0.2, 0) is 18.3 Å².